The van der Waals surface area contributed by atoms with Gasteiger partial charge in [-0.05, 0) is 29.3 Å². The summed E-state index contributed by atoms with van der Waals surface area (Å²) in [5.74, 6) is -1.07. The lowest BCUT2D eigenvalue weighted by Gasteiger charge is -2.12. The Kier molecular flexibility index (Phi) is 4.70. The van der Waals surface area contributed by atoms with Crippen LogP contribution in [-0.4, -0.2) is 22.1 Å². The summed E-state index contributed by atoms with van der Waals surface area (Å²) in [4.78, 5) is 26.3. The zero-order valence-corrected chi connectivity index (χ0v) is 12.3. The number of nitrogens with one attached hydrogen (secondary N) is 2. The first-order valence-electron chi connectivity index (χ1n) is 5.80. The van der Waals surface area contributed by atoms with Crippen LogP contribution in [0.5, 0.6) is 0 Å². The molecule has 1 atom stereocenters. The van der Waals surface area contributed by atoms with Crippen LogP contribution >= 0.6 is 22.7 Å². The van der Waals surface area contributed by atoms with Gasteiger partial charge in [0.15, 0.2) is 5.69 Å². The van der Waals surface area contributed by atoms with Crippen LogP contribution in [0.1, 0.15) is 34.0 Å². The third-order valence-electron chi connectivity index (χ3n) is 2.56. The average molecular weight is 311 g/mol. The number of nitrogens with zero attached hydrogens (tertiary/aromatic N) is 1. The topological polar surface area (TPSA) is 91.3 Å². The van der Waals surface area contributed by atoms with E-state index >= 15 is 0 Å². The summed E-state index contributed by atoms with van der Waals surface area (Å²) in [6, 6.07) is 1.57. The van der Waals surface area contributed by atoms with Gasteiger partial charge in [-0.2, -0.15) is 11.3 Å². The number of amides is 2. The van der Waals surface area contributed by atoms with Crippen LogP contribution in [0.25, 0.3) is 0 Å². The molecule has 2 aromatic rings. The number of hydrogen-bond donors (Lipinski definition) is 3. The lowest BCUT2D eigenvalue weighted by molar-refractivity contribution is 0.0691. The highest BCUT2D eigenvalue weighted by molar-refractivity contribution is 7.09. The van der Waals surface area contributed by atoms with Gasteiger partial charge in [-0.15, -0.1) is 11.3 Å². The van der Waals surface area contributed by atoms with Gasteiger partial charge in [0.25, 0.3) is 0 Å². The molecule has 0 aromatic carbocycles. The quantitative estimate of drug-likeness (QED) is 0.791. The fraction of sp³-hybridized carbons (Fsp3) is 0.250. The second-order valence-electron chi connectivity index (χ2n) is 4.04. The molecule has 0 spiro atoms. The van der Waals surface area contributed by atoms with Crippen LogP contribution in [0.2, 0.25) is 0 Å². The monoisotopic (exact) mass is 311 g/mol. The van der Waals surface area contributed by atoms with E-state index in [1.807, 2.05) is 23.8 Å². The Labute approximate surface area is 123 Å². The number of carboxylic acids is 1. The maximum absolute atomic E-state index is 11.7. The number of aromatic carboxylic acids is 1. The number of urea groups is 1. The molecule has 2 aromatic heterocycles. The number of carbonyl (C=O) groups is 2. The van der Waals surface area contributed by atoms with Gasteiger partial charge in [0.05, 0.1) is 12.6 Å². The number of carbonyl (C=O) groups excluding carboxylic acids is 1. The smallest absolute Gasteiger partial charge is 0.355 e. The van der Waals surface area contributed by atoms with E-state index in [-0.39, 0.29) is 24.3 Å². The first kappa shape index (κ1) is 14.5. The SMILES string of the molecule is CC(NC(=O)NCc1nc(C(=O)O)cs1)c1ccsc1. The highest BCUT2D eigenvalue weighted by atomic mass is 32.1. The van der Waals surface area contributed by atoms with E-state index in [9.17, 15) is 9.59 Å². The maximum Gasteiger partial charge on any atom is 0.355 e. The lowest BCUT2D eigenvalue weighted by atomic mass is 10.2. The summed E-state index contributed by atoms with van der Waals surface area (Å²) in [6.07, 6.45) is 0. The fourth-order valence-electron chi connectivity index (χ4n) is 1.50. The molecule has 0 fully saturated rings. The van der Waals surface area contributed by atoms with Crippen molar-refractivity contribution >= 4 is 34.7 Å². The number of thiazole rings is 1. The van der Waals surface area contributed by atoms with Crippen LogP contribution in [0.3, 0.4) is 0 Å². The van der Waals surface area contributed by atoms with Gasteiger partial charge in [-0.25, -0.2) is 14.6 Å². The van der Waals surface area contributed by atoms with Gasteiger partial charge in [0, 0.05) is 5.38 Å². The molecular formula is C12H13N3O3S2. The molecule has 0 aliphatic heterocycles. The third-order valence-corrected chi connectivity index (χ3v) is 4.11. The predicted molar refractivity (Wildman–Crippen MR) is 77.2 cm³/mol. The number of aromatic nitrogens is 1. The van der Waals surface area contributed by atoms with E-state index in [1.54, 1.807) is 11.3 Å². The van der Waals surface area contributed by atoms with Gasteiger partial charge in [-0.3, -0.25) is 0 Å². The third kappa shape index (κ3) is 3.78. The van der Waals surface area contributed by atoms with Crippen molar-refractivity contribution in [2.45, 2.75) is 19.5 Å². The van der Waals surface area contributed by atoms with E-state index in [1.165, 1.54) is 16.7 Å². The molecule has 0 aliphatic carbocycles. The highest BCUT2D eigenvalue weighted by Gasteiger charge is 2.11. The molecule has 0 saturated heterocycles. The Morgan fingerprint density at radius 3 is 2.85 bits per heavy atom. The fourth-order valence-corrected chi connectivity index (χ4v) is 2.96. The molecular weight excluding hydrogens is 298 g/mol. The Morgan fingerprint density at radius 2 is 2.25 bits per heavy atom. The molecule has 2 rings (SSSR count). The summed E-state index contributed by atoms with van der Waals surface area (Å²) in [5.41, 5.74) is 1.05. The van der Waals surface area contributed by atoms with Gasteiger partial charge >= 0.3 is 12.0 Å². The van der Waals surface area contributed by atoms with E-state index in [4.69, 9.17) is 5.11 Å². The molecule has 0 aliphatic rings. The minimum absolute atomic E-state index is 0.00107. The lowest BCUT2D eigenvalue weighted by Crippen LogP contribution is -2.36. The summed E-state index contributed by atoms with van der Waals surface area (Å²) >= 11 is 2.78. The van der Waals surface area contributed by atoms with Crippen molar-refractivity contribution in [3.8, 4) is 0 Å². The second kappa shape index (κ2) is 6.49. The van der Waals surface area contributed by atoms with Crippen LogP contribution in [0, 0.1) is 0 Å². The molecule has 106 valence electrons. The van der Waals surface area contributed by atoms with Crippen molar-refractivity contribution in [1.29, 1.82) is 0 Å². The minimum atomic E-state index is -1.07. The average Bonchev–Trinajstić information content (AvgIpc) is 3.07. The molecule has 8 heteroatoms. The highest BCUT2D eigenvalue weighted by Crippen LogP contribution is 2.15. The largest absolute Gasteiger partial charge is 0.476 e. The van der Waals surface area contributed by atoms with Gasteiger partial charge in [-0.1, -0.05) is 0 Å². The molecule has 2 heterocycles. The summed E-state index contributed by atoms with van der Waals surface area (Å²) < 4.78 is 0. The van der Waals surface area contributed by atoms with Crippen molar-refractivity contribution < 1.29 is 14.7 Å². The van der Waals surface area contributed by atoms with Crippen LogP contribution < -0.4 is 10.6 Å². The normalized spacial score (nSPS) is 11.8. The van der Waals surface area contributed by atoms with Gasteiger partial charge in [0.1, 0.15) is 5.01 Å². The zero-order chi connectivity index (χ0) is 14.5. The summed E-state index contributed by atoms with van der Waals surface area (Å²) in [7, 11) is 0. The summed E-state index contributed by atoms with van der Waals surface area (Å²) in [6.45, 7) is 2.10. The molecule has 6 nitrogen and oxygen atoms in total. The number of hydrogen-bond acceptors (Lipinski definition) is 5. The molecule has 3 N–H and O–H groups in total. The predicted octanol–water partition coefficient (Wildman–Crippen LogP) is 2.46. The number of thiophene rings is 1. The van der Waals surface area contributed by atoms with E-state index in [0.29, 0.717) is 5.01 Å². The molecule has 0 saturated carbocycles. The van der Waals surface area contributed by atoms with Gasteiger partial charge < -0.3 is 15.7 Å². The van der Waals surface area contributed by atoms with Crippen molar-refractivity contribution in [3.05, 3.63) is 38.5 Å². The Balaban J connectivity index is 1.81. The maximum atomic E-state index is 11.7. The number of rotatable bonds is 5. The summed E-state index contributed by atoms with van der Waals surface area (Å²) in [5, 5.41) is 20.1. The van der Waals surface area contributed by atoms with E-state index in [0.717, 1.165) is 5.56 Å². The van der Waals surface area contributed by atoms with Crippen LogP contribution in [-0.2, 0) is 6.54 Å². The standard InChI is InChI=1S/C12H13N3O3S2/c1-7(8-2-3-19-5-8)14-12(18)13-4-10-15-9(6-20-10)11(16)17/h2-3,5-7H,4H2,1H3,(H,16,17)(H2,13,14,18). The van der Waals surface area contributed by atoms with Crippen molar-refractivity contribution in [1.82, 2.24) is 15.6 Å². The molecule has 0 radical (unpaired) electrons. The first-order chi connectivity index (χ1) is 9.56. The van der Waals surface area contributed by atoms with Gasteiger partial charge in [0.2, 0.25) is 0 Å². The molecule has 2 amide bonds. The molecule has 20 heavy (non-hydrogen) atoms. The number of carboxylic acid groups (broad SMARTS) is 1. The van der Waals surface area contributed by atoms with Crippen molar-refractivity contribution in [3.63, 3.8) is 0 Å². The van der Waals surface area contributed by atoms with E-state index in [2.05, 4.69) is 15.6 Å². The first-order valence-corrected chi connectivity index (χ1v) is 7.62. The van der Waals surface area contributed by atoms with Crippen molar-refractivity contribution in [2.24, 2.45) is 0 Å². The Hall–Kier alpha value is -1.93. The Bertz CT molecular complexity index is 595. The zero-order valence-electron chi connectivity index (χ0n) is 10.6. The molecule has 1 unspecified atom stereocenters. The van der Waals surface area contributed by atoms with Crippen molar-refractivity contribution in [2.75, 3.05) is 0 Å². The second-order valence-corrected chi connectivity index (χ2v) is 5.76. The minimum Gasteiger partial charge on any atom is -0.476 e. The molecule has 0 bridgehead atoms. The van der Waals surface area contributed by atoms with E-state index < -0.39 is 5.97 Å². The Morgan fingerprint density at radius 1 is 1.45 bits per heavy atom. The van der Waals surface area contributed by atoms with Crippen LogP contribution in [0.4, 0.5) is 4.79 Å². The van der Waals surface area contributed by atoms with Crippen LogP contribution in [0.15, 0.2) is 22.2 Å².